The Hall–Kier alpha value is -1.48. The standard InChI is InChI=1S/C33H50F4O4/c1-22-24(19-25(38)20-27(22)39)11-10-23-9-6-17-31(5)26(23)12-13-28(31)30(4,15-7-14-29(2,3)40)16-8-18-32(41,21-34)33(35,36)37/h8,10-11,18,25-28,38-41H,1,6-7,9,12-17,19-21H2,2-5H3/b18-8+,23-10+,24-11-/t25-,26+,27?,28-,30+,31+,32?/m1/s1. The quantitative estimate of drug-likeness (QED) is 0.160. The van der Waals surface area contributed by atoms with Gasteiger partial charge in [-0.15, -0.1) is 0 Å². The molecule has 0 saturated heterocycles. The van der Waals surface area contributed by atoms with Crippen molar-refractivity contribution in [3.05, 3.63) is 47.6 Å². The van der Waals surface area contributed by atoms with E-state index in [0.717, 1.165) is 37.7 Å². The minimum absolute atomic E-state index is 0.0943. The zero-order chi connectivity index (χ0) is 30.9. The first-order chi connectivity index (χ1) is 18.9. The summed E-state index contributed by atoms with van der Waals surface area (Å²) < 4.78 is 53.3. The molecule has 234 valence electrons. The van der Waals surface area contributed by atoms with Crippen LogP contribution in [0.15, 0.2) is 47.6 Å². The van der Waals surface area contributed by atoms with Crippen molar-refractivity contribution in [2.24, 2.45) is 22.7 Å². The minimum atomic E-state index is -5.10. The second-order valence-electron chi connectivity index (χ2n) is 14.1. The largest absolute Gasteiger partial charge is 0.423 e. The Bertz CT molecular complexity index is 1030. The van der Waals surface area contributed by atoms with Gasteiger partial charge in [0.15, 0.2) is 0 Å². The summed E-state index contributed by atoms with van der Waals surface area (Å²) in [5.41, 5.74) is -2.05. The molecule has 0 spiro atoms. The Kier molecular flexibility index (Phi) is 10.5. The maximum absolute atomic E-state index is 13.3. The van der Waals surface area contributed by atoms with Crippen molar-refractivity contribution in [2.45, 2.75) is 128 Å². The number of hydrogen-bond acceptors (Lipinski definition) is 4. The molecule has 4 N–H and O–H groups in total. The van der Waals surface area contributed by atoms with Crippen molar-refractivity contribution in [3.63, 3.8) is 0 Å². The molecule has 3 fully saturated rings. The summed E-state index contributed by atoms with van der Waals surface area (Å²) in [7, 11) is 0. The van der Waals surface area contributed by atoms with Gasteiger partial charge in [0, 0.05) is 6.42 Å². The average molecular weight is 587 g/mol. The van der Waals surface area contributed by atoms with Gasteiger partial charge in [0.2, 0.25) is 5.60 Å². The number of alkyl halides is 4. The summed E-state index contributed by atoms with van der Waals surface area (Å²) in [6, 6.07) is 0. The first-order valence-corrected chi connectivity index (χ1v) is 15.1. The van der Waals surface area contributed by atoms with Crippen LogP contribution in [0.3, 0.4) is 0 Å². The zero-order valence-electron chi connectivity index (χ0n) is 25.1. The molecule has 0 aromatic carbocycles. The topological polar surface area (TPSA) is 80.9 Å². The molecule has 4 nitrogen and oxygen atoms in total. The molecule has 0 aromatic rings. The van der Waals surface area contributed by atoms with E-state index in [9.17, 15) is 38.0 Å². The third-order valence-corrected chi connectivity index (χ3v) is 10.3. The normalized spacial score (nSPS) is 34.7. The lowest BCUT2D eigenvalue weighted by Gasteiger charge is -2.49. The SMILES string of the molecule is C=C1/C(=C\C=C2/CCC[C@]3(C)[C@@H]([C@](C)(C/C=C/C(O)(CF)C(F)(F)F)CCCC(C)(C)O)CC[C@@H]23)C[C@@H](O)CC1O. The van der Waals surface area contributed by atoms with Crippen molar-refractivity contribution in [1.82, 2.24) is 0 Å². The molecule has 2 unspecified atom stereocenters. The number of aliphatic hydroxyl groups is 4. The van der Waals surface area contributed by atoms with Gasteiger partial charge in [-0.3, -0.25) is 0 Å². The van der Waals surface area contributed by atoms with Crippen LogP contribution >= 0.6 is 0 Å². The first kappa shape index (κ1) is 34.0. The summed E-state index contributed by atoms with van der Waals surface area (Å²) >= 11 is 0. The van der Waals surface area contributed by atoms with Gasteiger partial charge in [0.05, 0.1) is 17.8 Å². The van der Waals surface area contributed by atoms with Crippen LogP contribution in [0.4, 0.5) is 17.6 Å². The van der Waals surface area contributed by atoms with Gasteiger partial charge in [0.25, 0.3) is 0 Å². The molecule has 3 aliphatic carbocycles. The molecule has 3 rings (SSSR count). The number of rotatable bonds is 10. The summed E-state index contributed by atoms with van der Waals surface area (Å²) in [4.78, 5) is 0. The fraction of sp³-hybridized carbons (Fsp3) is 0.758. The van der Waals surface area contributed by atoms with E-state index in [1.165, 1.54) is 11.6 Å². The Balaban J connectivity index is 1.90. The van der Waals surface area contributed by atoms with Gasteiger partial charge in [-0.05, 0) is 112 Å². The Morgan fingerprint density at radius 1 is 1.05 bits per heavy atom. The molecule has 3 saturated carbocycles. The van der Waals surface area contributed by atoms with Gasteiger partial charge >= 0.3 is 6.18 Å². The van der Waals surface area contributed by atoms with Crippen LogP contribution in [0.5, 0.6) is 0 Å². The predicted molar refractivity (Wildman–Crippen MR) is 154 cm³/mol. The van der Waals surface area contributed by atoms with Crippen molar-refractivity contribution in [2.75, 3.05) is 6.67 Å². The fourth-order valence-corrected chi connectivity index (χ4v) is 7.93. The van der Waals surface area contributed by atoms with E-state index < -0.39 is 41.7 Å². The third-order valence-electron chi connectivity index (χ3n) is 10.3. The summed E-state index contributed by atoms with van der Waals surface area (Å²) in [6.45, 7) is 9.95. The van der Waals surface area contributed by atoms with Gasteiger partial charge in [-0.25, -0.2) is 4.39 Å². The second-order valence-corrected chi connectivity index (χ2v) is 14.1. The van der Waals surface area contributed by atoms with Crippen LogP contribution in [-0.4, -0.2) is 56.7 Å². The molecule has 0 heterocycles. The summed E-state index contributed by atoms with van der Waals surface area (Å²) in [6.07, 6.45) is 7.27. The second kappa shape index (κ2) is 12.6. The highest BCUT2D eigenvalue weighted by molar-refractivity contribution is 5.38. The van der Waals surface area contributed by atoms with Crippen LogP contribution in [0.1, 0.15) is 98.3 Å². The van der Waals surface area contributed by atoms with Crippen molar-refractivity contribution in [1.29, 1.82) is 0 Å². The van der Waals surface area contributed by atoms with Crippen LogP contribution in [0, 0.1) is 22.7 Å². The lowest BCUT2D eigenvalue weighted by atomic mass is 9.55. The van der Waals surface area contributed by atoms with Crippen LogP contribution in [0.25, 0.3) is 0 Å². The fourth-order valence-electron chi connectivity index (χ4n) is 7.93. The van der Waals surface area contributed by atoms with E-state index in [2.05, 4.69) is 26.5 Å². The molecular formula is C33H50F4O4. The number of halogens is 4. The number of aliphatic hydroxyl groups excluding tert-OH is 2. The van der Waals surface area contributed by atoms with E-state index >= 15 is 0 Å². The highest BCUT2D eigenvalue weighted by Gasteiger charge is 2.55. The molecule has 8 heteroatoms. The highest BCUT2D eigenvalue weighted by atomic mass is 19.4. The Morgan fingerprint density at radius 3 is 2.34 bits per heavy atom. The summed E-state index contributed by atoms with van der Waals surface area (Å²) in [5, 5.41) is 40.6. The zero-order valence-corrected chi connectivity index (χ0v) is 25.1. The number of allylic oxidation sites excluding steroid dienone is 4. The van der Waals surface area contributed by atoms with Crippen LogP contribution in [-0.2, 0) is 0 Å². The van der Waals surface area contributed by atoms with Gasteiger partial charge in [-0.1, -0.05) is 50.6 Å². The number of fused-ring (bicyclic) bond motifs is 1. The number of hydrogen-bond donors (Lipinski definition) is 4. The molecule has 7 atom stereocenters. The molecule has 0 aromatic heterocycles. The van der Waals surface area contributed by atoms with E-state index in [-0.39, 0.29) is 17.8 Å². The summed E-state index contributed by atoms with van der Waals surface area (Å²) in [5.74, 6) is 0.473. The van der Waals surface area contributed by atoms with Crippen LogP contribution < -0.4 is 0 Å². The maximum Gasteiger partial charge on any atom is 0.423 e. The van der Waals surface area contributed by atoms with E-state index in [4.69, 9.17) is 0 Å². The molecule has 41 heavy (non-hydrogen) atoms. The molecular weight excluding hydrogens is 536 g/mol. The lowest BCUT2D eigenvalue weighted by molar-refractivity contribution is -0.243. The molecule has 3 aliphatic rings. The van der Waals surface area contributed by atoms with Gasteiger partial charge < -0.3 is 20.4 Å². The Morgan fingerprint density at radius 2 is 1.73 bits per heavy atom. The monoisotopic (exact) mass is 586 g/mol. The third kappa shape index (κ3) is 7.73. The van der Waals surface area contributed by atoms with Crippen molar-refractivity contribution in [3.8, 4) is 0 Å². The van der Waals surface area contributed by atoms with E-state index in [0.29, 0.717) is 49.7 Å². The van der Waals surface area contributed by atoms with Crippen molar-refractivity contribution >= 4 is 0 Å². The van der Waals surface area contributed by atoms with Gasteiger partial charge in [0.1, 0.15) is 6.67 Å². The lowest BCUT2D eigenvalue weighted by Crippen LogP contribution is -2.45. The van der Waals surface area contributed by atoms with E-state index in [1.54, 1.807) is 13.8 Å². The molecule has 0 aliphatic heterocycles. The van der Waals surface area contributed by atoms with Gasteiger partial charge in [-0.2, -0.15) is 13.2 Å². The van der Waals surface area contributed by atoms with Crippen molar-refractivity contribution < 1.29 is 38.0 Å². The van der Waals surface area contributed by atoms with E-state index in [1.807, 2.05) is 6.08 Å². The average Bonchev–Trinajstić information content (AvgIpc) is 3.22. The maximum atomic E-state index is 13.3. The highest BCUT2D eigenvalue weighted by Crippen LogP contribution is 2.63. The van der Waals surface area contributed by atoms with Crippen LogP contribution in [0.2, 0.25) is 0 Å². The minimum Gasteiger partial charge on any atom is -0.393 e. The molecule has 0 radical (unpaired) electrons. The molecule has 0 amide bonds. The first-order valence-electron chi connectivity index (χ1n) is 15.1. The smallest absolute Gasteiger partial charge is 0.393 e. The predicted octanol–water partition coefficient (Wildman–Crippen LogP) is 7.28. The molecule has 0 bridgehead atoms. The Labute approximate surface area is 242 Å².